The van der Waals surface area contributed by atoms with Gasteiger partial charge in [0.05, 0.1) is 11.1 Å². The molecule has 3 nitrogen and oxygen atoms in total. The van der Waals surface area contributed by atoms with Crippen LogP contribution in [0.1, 0.15) is 25.5 Å². The van der Waals surface area contributed by atoms with Crippen LogP contribution in [0.2, 0.25) is 5.02 Å². The molecule has 1 atom stereocenters. The van der Waals surface area contributed by atoms with Crippen molar-refractivity contribution in [3.63, 3.8) is 0 Å². The Morgan fingerprint density at radius 3 is 2.39 bits per heavy atom. The van der Waals surface area contributed by atoms with Crippen LogP contribution in [0, 0.1) is 5.82 Å². The van der Waals surface area contributed by atoms with E-state index < -0.39 is 18.1 Å². The van der Waals surface area contributed by atoms with Gasteiger partial charge in [0.25, 0.3) is 0 Å². The minimum Gasteiger partial charge on any atom is -0.351 e. The molecule has 0 bridgehead atoms. The molecule has 0 aliphatic heterocycles. The van der Waals surface area contributed by atoms with Gasteiger partial charge in [0.15, 0.2) is 6.29 Å². The molecule has 0 saturated heterocycles. The Morgan fingerprint density at radius 2 is 1.89 bits per heavy atom. The van der Waals surface area contributed by atoms with Crippen molar-refractivity contribution in [3.8, 4) is 0 Å². The third kappa shape index (κ3) is 3.65. The minimum atomic E-state index is -0.726. The Hall–Kier alpha value is -0.200. The van der Waals surface area contributed by atoms with Gasteiger partial charge in [-0.15, -0.1) is 0 Å². The Kier molecular flexibility index (Phi) is 6.52. The quantitative estimate of drug-likeness (QED) is 0.635. The highest BCUT2D eigenvalue weighted by molar-refractivity contribution is 9.10. The van der Waals surface area contributed by atoms with E-state index in [0.717, 1.165) is 0 Å². The first-order valence-corrected chi connectivity index (χ1v) is 6.82. The Labute approximate surface area is 120 Å². The maximum Gasteiger partial charge on any atom is 0.176 e. The van der Waals surface area contributed by atoms with Gasteiger partial charge in [0.1, 0.15) is 5.82 Å². The predicted octanol–water partition coefficient (Wildman–Crippen LogP) is 3.64. The molecule has 0 radical (unpaired) electrons. The molecule has 0 amide bonds. The third-order valence-corrected chi connectivity index (χ3v) is 3.64. The largest absolute Gasteiger partial charge is 0.351 e. The average molecular weight is 341 g/mol. The van der Waals surface area contributed by atoms with Crippen molar-refractivity contribution >= 4 is 27.5 Å². The molecule has 1 aromatic rings. The van der Waals surface area contributed by atoms with E-state index in [1.54, 1.807) is 12.1 Å². The molecular formula is C12H16BrClFNO2. The summed E-state index contributed by atoms with van der Waals surface area (Å²) in [6.07, 6.45) is -0.688. The molecule has 0 aliphatic rings. The summed E-state index contributed by atoms with van der Waals surface area (Å²) in [6, 6.07) is 2.49. The van der Waals surface area contributed by atoms with Crippen LogP contribution >= 0.6 is 27.5 Å². The number of halogens is 3. The molecule has 2 N–H and O–H groups in total. The van der Waals surface area contributed by atoms with Crippen LogP contribution in [0.15, 0.2) is 16.6 Å². The first-order valence-electron chi connectivity index (χ1n) is 5.65. The summed E-state index contributed by atoms with van der Waals surface area (Å²) in [5, 5.41) is 0.00898. The lowest BCUT2D eigenvalue weighted by molar-refractivity contribution is -0.149. The van der Waals surface area contributed by atoms with Crippen molar-refractivity contribution in [2.24, 2.45) is 5.73 Å². The van der Waals surface area contributed by atoms with E-state index in [4.69, 9.17) is 26.8 Å². The molecule has 0 heterocycles. The normalized spacial score (nSPS) is 13.1. The lowest BCUT2D eigenvalue weighted by Gasteiger charge is -2.24. The Balaban J connectivity index is 3.00. The fraction of sp³-hybridized carbons (Fsp3) is 0.500. The Morgan fingerprint density at radius 1 is 1.33 bits per heavy atom. The maximum atomic E-state index is 14.0. The summed E-state index contributed by atoms with van der Waals surface area (Å²) >= 11 is 8.98. The first-order chi connectivity index (χ1) is 8.52. The highest BCUT2D eigenvalue weighted by Crippen LogP contribution is 2.31. The summed E-state index contributed by atoms with van der Waals surface area (Å²) in [4.78, 5) is 0. The van der Waals surface area contributed by atoms with Crippen LogP contribution in [-0.2, 0) is 9.47 Å². The van der Waals surface area contributed by atoms with Gasteiger partial charge in [-0.25, -0.2) is 4.39 Å². The number of nitrogens with two attached hydrogens (primary N) is 1. The van der Waals surface area contributed by atoms with E-state index in [9.17, 15) is 4.39 Å². The highest BCUT2D eigenvalue weighted by atomic mass is 79.9. The first kappa shape index (κ1) is 15.9. The monoisotopic (exact) mass is 339 g/mol. The molecule has 1 aromatic carbocycles. The number of benzene rings is 1. The smallest absolute Gasteiger partial charge is 0.176 e. The molecule has 1 unspecified atom stereocenters. The summed E-state index contributed by atoms with van der Waals surface area (Å²) < 4.78 is 25.2. The molecule has 102 valence electrons. The Bertz CT molecular complexity index is 400. The van der Waals surface area contributed by atoms with E-state index >= 15 is 0 Å². The van der Waals surface area contributed by atoms with Gasteiger partial charge in [0.2, 0.25) is 0 Å². The minimum absolute atomic E-state index is 0.00898. The van der Waals surface area contributed by atoms with Crippen molar-refractivity contribution in [1.29, 1.82) is 0 Å². The van der Waals surface area contributed by atoms with Gasteiger partial charge < -0.3 is 15.2 Å². The molecule has 0 aliphatic carbocycles. The number of hydrogen-bond donors (Lipinski definition) is 1. The fourth-order valence-corrected chi connectivity index (χ4v) is 2.01. The van der Waals surface area contributed by atoms with E-state index in [-0.39, 0.29) is 10.6 Å². The van der Waals surface area contributed by atoms with E-state index in [0.29, 0.717) is 17.7 Å². The molecule has 0 aromatic heterocycles. The van der Waals surface area contributed by atoms with E-state index in [1.807, 2.05) is 13.8 Å². The lowest BCUT2D eigenvalue weighted by atomic mass is 10.1. The average Bonchev–Trinajstić information content (AvgIpc) is 2.35. The summed E-state index contributed by atoms with van der Waals surface area (Å²) in [7, 11) is 0. The van der Waals surface area contributed by atoms with Gasteiger partial charge in [-0.05, 0) is 35.8 Å². The molecule has 18 heavy (non-hydrogen) atoms. The summed E-state index contributed by atoms with van der Waals surface area (Å²) in [5.74, 6) is -0.553. The lowest BCUT2D eigenvalue weighted by Crippen LogP contribution is -2.32. The zero-order valence-electron chi connectivity index (χ0n) is 10.3. The van der Waals surface area contributed by atoms with Crippen molar-refractivity contribution in [1.82, 2.24) is 0 Å². The second-order valence-corrected chi connectivity index (χ2v) is 4.80. The topological polar surface area (TPSA) is 44.5 Å². The van der Waals surface area contributed by atoms with Gasteiger partial charge in [-0.3, -0.25) is 0 Å². The fourth-order valence-electron chi connectivity index (χ4n) is 1.53. The molecule has 6 heteroatoms. The van der Waals surface area contributed by atoms with E-state index in [2.05, 4.69) is 15.9 Å². The van der Waals surface area contributed by atoms with Crippen molar-refractivity contribution in [2.45, 2.75) is 26.2 Å². The van der Waals surface area contributed by atoms with E-state index in [1.165, 1.54) is 0 Å². The number of rotatable bonds is 6. The van der Waals surface area contributed by atoms with Gasteiger partial charge >= 0.3 is 0 Å². The third-order valence-electron chi connectivity index (χ3n) is 2.38. The van der Waals surface area contributed by atoms with Crippen LogP contribution in [0.3, 0.4) is 0 Å². The van der Waals surface area contributed by atoms with Gasteiger partial charge in [-0.1, -0.05) is 17.7 Å². The second-order valence-electron chi connectivity index (χ2n) is 3.57. The van der Waals surface area contributed by atoms with Crippen LogP contribution in [-0.4, -0.2) is 19.5 Å². The second kappa shape index (κ2) is 7.40. The molecular weight excluding hydrogens is 324 g/mol. The molecule has 0 spiro atoms. The van der Waals surface area contributed by atoms with Crippen molar-refractivity contribution in [2.75, 3.05) is 13.2 Å². The van der Waals surface area contributed by atoms with Crippen LogP contribution < -0.4 is 5.73 Å². The SMILES string of the molecule is CCOC(OCC)C(N)c1ccc(Br)c(Cl)c1F. The molecule has 1 rings (SSSR count). The maximum absolute atomic E-state index is 14.0. The summed E-state index contributed by atoms with van der Waals surface area (Å²) in [5.41, 5.74) is 6.24. The van der Waals surface area contributed by atoms with Crippen molar-refractivity contribution in [3.05, 3.63) is 33.0 Å². The zero-order valence-corrected chi connectivity index (χ0v) is 12.6. The van der Waals surface area contributed by atoms with Crippen LogP contribution in [0.25, 0.3) is 0 Å². The predicted molar refractivity (Wildman–Crippen MR) is 73.1 cm³/mol. The van der Waals surface area contributed by atoms with Crippen LogP contribution in [0.4, 0.5) is 4.39 Å². The standard InChI is InChI=1S/C12H16BrClFNO2/c1-3-17-12(18-4-2)11(16)7-5-6-8(13)9(14)10(7)15/h5-6,11-12H,3-4,16H2,1-2H3. The summed E-state index contributed by atoms with van der Waals surface area (Å²) in [6.45, 7) is 4.52. The molecule has 0 fully saturated rings. The van der Waals surface area contributed by atoms with Gasteiger partial charge in [0, 0.05) is 23.2 Å². The number of hydrogen-bond acceptors (Lipinski definition) is 3. The molecule has 0 saturated carbocycles. The zero-order chi connectivity index (χ0) is 13.7. The highest BCUT2D eigenvalue weighted by Gasteiger charge is 2.24. The van der Waals surface area contributed by atoms with Crippen LogP contribution in [0.5, 0.6) is 0 Å². The van der Waals surface area contributed by atoms with Gasteiger partial charge in [-0.2, -0.15) is 0 Å². The van der Waals surface area contributed by atoms with Crippen molar-refractivity contribution < 1.29 is 13.9 Å². The number of ether oxygens (including phenoxy) is 2.